The maximum absolute atomic E-state index is 13.6. The maximum atomic E-state index is 13.6. The van der Waals surface area contributed by atoms with Gasteiger partial charge in [-0.3, -0.25) is 14.3 Å². The molecule has 2 aliphatic heterocycles. The number of halogens is 1. The fourth-order valence-corrected chi connectivity index (χ4v) is 5.11. The van der Waals surface area contributed by atoms with Crippen LogP contribution in [-0.4, -0.2) is 77.4 Å². The monoisotopic (exact) mass is 500 g/mol. The van der Waals surface area contributed by atoms with E-state index >= 15 is 0 Å². The fraction of sp³-hybridized carbons (Fsp3) is 0.593. The number of hydrogen-bond donors (Lipinski definition) is 0. The third-order valence-corrected chi connectivity index (χ3v) is 6.96. The van der Waals surface area contributed by atoms with Gasteiger partial charge in [-0.25, -0.2) is 4.39 Å². The summed E-state index contributed by atoms with van der Waals surface area (Å²) in [4.78, 5) is 30.5. The Labute approximate surface area is 212 Å². The average Bonchev–Trinajstić information content (AvgIpc) is 3.23. The van der Waals surface area contributed by atoms with Gasteiger partial charge in [0.15, 0.2) is 0 Å². The van der Waals surface area contributed by atoms with Gasteiger partial charge >= 0.3 is 0 Å². The van der Waals surface area contributed by atoms with Crippen molar-refractivity contribution in [3.63, 3.8) is 0 Å². The SMILES string of the molecule is CC(C)Cc1cc(C(=O)N2CCCC(COc3ccc(F)cc3)(CC(=O)N3CCOCC3)C2)n(C)n1. The molecule has 2 amide bonds. The molecule has 0 bridgehead atoms. The van der Waals surface area contributed by atoms with Crippen LogP contribution in [0, 0.1) is 17.2 Å². The van der Waals surface area contributed by atoms with Crippen molar-refractivity contribution < 1.29 is 23.5 Å². The molecule has 1 aromatic carbocycles. The smallest absolute Gasteiger partial charge is 0.272 e. The molecule has 2 saturated heterocycles. The molecule has 0 radical (unpaired) electrons. The van der Waals surface area contributed by atoms with Crippen molar-refractivity contribution in [2.75, 3.05) is 46.0 Å². The second kappa shape index (κ2) is 11.4. The highest BCUT2D eigenvalue weighted by Gasteiger charge is 2.41. The van der Waals surface area contributed by atoms with Crippen molar-refractivity contribution in [1.29, 1.82) is 0 Å². The molecule has 196 valence electrons. The number of aromatic nitrogens is 2. The van der Waals surface area contributed by atoms with E-state index in [0.29, 0.717) is 56.8 Å². The minimum Gasteiger partial charge on any atom is -0.493 e. The van der Waals surface area contributed by atoms with E-state index in [9.17, 15) is 14.0 Å². The third-order valence-electron chi connectivity index (χ3n) is 6.96. The van der Waals surface area contributed by atoms with Crippen LogP contribution in [0.4, 0.5) is 4.39 Å². The lowest BCUT2D eigenvalue weighted by Gasteiger charge is -2.43. The highest BCUT2D eigenvalue weighted by molar-refractivity contribution is 5.93. The number of benzene rings is 1. The van der Waals surface area contributed by atoms with E-state index in [0.717, 1.165) is 25.0 Å². The van der Waals surface area contributed by atoms with Gasteiger partial charge in [0.05, 0.1) is 25.5 Å². The van der Waals surface area contributed by atoms with Crippen LogP contribution in [0.25, 0.3) is 0 Å². The van der Waals surface area contributed by atoms with Crippen molar-refractivity contribution in [3.05, 3.63) is 47.5 Å². The molecule has 2 aromatic rings. The Morgan fingerprint density at radius 2 is 1.86 bits per heavy atom. The summed E-state index contributed by atoms with van der Waals surface area (Å²) in [7, 11) is 1.80. The van der Waals surface area contributed by atoms with Crippen LogP contribution in [0.15, 0.2) is 30.3 Å². The number of carbonyl (C=O) groups is 2. The number of morpholine rings is 1. The van der Waals surface area contributed by atoms with Crippen LogP contribution in [0.3, 0.4) is 0 Å². The van der Waals surface area contributed by atoms with Crippen LogP contribution in [0.2, 0.25) is 0 Å². The second-order valence-corrected chi connectivity index (χ2v) is 10.5. The van der Waals surface area contributed by atoms with Crippen LogP contribution in [-0.2, 0) is 23.0 Å². The predicted octanol–water partition coefficient (Wildman–Crippen LogP) is 3.31. The first-order valence-corrected chi connectivity index (χ1v) is 12.8. The highest BCUT2D eigenvalue weighted by Crippen LogP contribution is 2.36. The molecule has 1 atom stereocenters. The average molecular weight is 501 g/mol. The van der Waals surface area contributed by atoms with E-state index in [1.807, 2.05) is 15.9 Å². The molecule has 1 unspecified atom stereocenters. The zero-order valence-electron chi connectivity index (χ0n) is 21.5. The van der Waals surface area contributed by atoms with Gasteiger partial charge in [-0.2, -0.15) is 5.10 Å². The fourth-order valence-electron chi connectivity index (χ4n) is 5.11. The first-order chi connectivity index (χ1) is 17.2. The maximum Gasteiger partial charge on any atom is 0.272 e. The van der Waals surface area contributed by atoms with Crippen molar-refractivity contribution in [2.24, 2.45) is 18.4 Å². The van der Waals surface area contributed by atoms with Crippen LogP contribution in [0.1, 0.15) is 49.3 Å². The lowest BCUT2D eigenvalue weighted by Crippen LogP contribution is -2.52. The molecule has 9 heteroatoms. The molecule has 0 N–H and O–H groups in total. The van der Waals surface area contributed by atoms with Gasteiger partial charge in [0, 0.05) is 45.1 Å². The van der Waals surface area contributed by atoms with Crippen LogP contribution >= 0.6 is 0 Å². The molecule has 3 heterocycles. The van der Waals surface area contributed by atoms with E-state index in [2.05, 4.69) is 18.9 Å². The number of carbonyl (C=O) groups excluding carboxylic acids is 2. The van der Waals surface area contributed by atoms with E-state index in [1.54, 1.807) is 23.9 Å². The predicted molar refractivity (Wildman–Crippen MR) is 133 cm³/mol. The zero-order chi connectivity index (χ0) is 25.7. The van der Waals surface area contributed by atoms with Crippen LogP contribution in [0.5, 0.6) is 5.75 Å². The lowest BCUT2D eigenvalue weighted by molar-refractivity contribution is -0.139. The van der Waals surface area contributed by atoms with Crippen molar-refractivity contribution in [3.8, 4) is 5.75 Å². The van der Waals surface area contributed by atoms with E-state index in [1.165, 1.54) is 12.1 Å². The van der Waals surface area contributed by atoms with Gasteiger partial charge in [0.25, 0.3) is 5.91 Å². The zero-order valence-corrected chi connectivity index (χ0v) is 21.5. The number of likely N-dealkylation sites (tertiary alicyclic amines) is 1. The summed E-state index contributed by atoms with van der Waals surface area (Å²) in [5.41, 5.74) is 0.915. The van der Waals surface area contributed by atoms with Crippen molar-refractivity contribution in [1.82, 2.24) is 19.6 Å². The third kappa shape index (κ3) is 6.43. The van der Waals surface area contributed by atoms with Gasteiger partial charge in [-0.1, -0.05) is 13.8 Å². The van der Waals surface area contributed by atoms with Gasteiger partial charge in [0.2, 0.25) is 5.91 Å². The number of amides is 2. The number of nitrogens with zero attached hydrogens (tertiary/aromatic N) is 4. The van der Waals surface area contributed by atoms with Gasteiger partial charge < -0.3 is 19.3 Å². The molecule has 4 rings (SSSR count). The number of rotatable bonds is 8. The Bertz CT molecular complexity index is 1050. The number of hydrogen-bond acceptors (Lipinski definition) is 5. The molecule has 1 aromatic heterocycles. The summed E-state index contributed by atoms with van der Waals surface area (Å²) < 4.78 is 26.5. The largest absolute Gasteiger partial charge is 0.493 e. The van der Waals surface area contributed by atoms with Gasteiger partial charge in [0.1, 0.15) is 17.3 Å². The molecule has 0 aliphatic carbocycles. The standard InChI is InChI=1S/C27H37FN4O4/c1-20(2)15-22-16-24(30(3)29-22)26(34)32-10-4-9-27(18-32,17-25(33)31-11-13-35-14-12-31)19-36-23-7-5-21(28)6-8-23/h5-8,16,20H,4,9-15,17-19H2,1-3H3. The Morgan fingerprint density at radius 1 is 1.14 bits per heavy atom. The summed E-state index contributed by atoms with van der Waals surface area (Å²) in [6.45, 7) is 7.77. The van der Waals surface area contributed by atoms with E-state index in [-0.39, 0.29) is 30.7 Å². The second-order valence-electron chi connectivity index (χ2n) is 10.5. The quantitative estimate of drug-likeness (QED) is 0.556. The van der Waals surface area contributed by atoms with Crippen molar-refractivity contribution in [2.45, 2.75) is 39.5 Å². The number of aryl methyl sites for hydroxylation is 1. The molecule has 2 fully saturated rings. The molecular weight excluding hydrogens is 463 g/mol. The molecule has 0 saturated carbocycles. The topological polar surface area (TPSA) is 76.9 Å². The Balaban J connectivity index is 1.53. The molecule has 36 heavy (non-hydrogen) atoms. The van der Waals surface area contributed by atoms with Gasteiger partial charge in [-0.05, 0) is 55.5 Å². The van der Waals surface area contributed by atoms with Crippen molar-refractivity contribution >= 4 is 11.8 Å². The first kappa shape index (κ1) is 26.1. The minimum absolute atomic E-state index is 0.0510. The highest BCUT2D eigenvalue weighted by atomic mass is 19.1. The Morgan fingerprint density at radius 3 is 2.56 bits per heavy atom. The van der Waals surface area contributed by atoms with E-state index in [4.69, 9.17) is 9.47 Å². The normalized spacial score (nSPS) is 20.6. The first-order valence-electron chi connectivity index (χ1n) is 12.8. The summed E-state index contributed by atoms with van der Waals surface area (Å²) in [5, 5.41) is 4.54. The Kier molecular flexibility index (Phi) is 8.28. The van der Waals surface area contributed by atoms with Crippen LogP contribution < -0.4 is 4.74 Å². The minimum atomic E-state index is -0.545. The molecular formula is C27H37FN4O4. The number of piperidine rings is 1. The summed E-state index contributed by atoms with van der Waals surface area (Å²) in [6.07, 6.45) is 2.62. The lowest BCUT2D eigenvalue weighted by atomic mass is 9.77. The van der Waals surface area contributed by atoms with E-state index < -0.39 is 5.41 Å². The Hall–Kier alpha value is -2.94. The summed E-state index contributed by atoms with van der Waals surface area (Å²) >= 11 is 0. The summed E-state index contributed by atoms with van der Waals surface area (Å²) in [6, 6.07) is 7.77. The summed E-state index contributed by atoms with van der Waals surface area (Å²) in [5.74, 6) is 0.630. The molecule has 2 aliphatic rings. The molecule has 8 nitrogen and oxygen atoms in total. The molecule has 0 spiro atoms. The number of ether oxygens (including phenoxy) is 2. The van der Waals surface area contributed by atoms with Gasteiger partial charge in [-0.15, -0.1) is 0 Å².